The number of ether oxygens (including phenoxy) is 1. The van der Waals surface area contributed by atoms with Gasteiger partial charge in [0, 0.05) is 55.4 Å². The lowest BCUT2D eigenvalue weighted by Crippen LogP contribution is -2.37. The predicted octanol–water partition coefficient (Wildman–Crippen LogP) is 4.69. The van der Waals surface area contributed by atoms with Crippen LogP contribution in [-0.2, 0) is 6.54 Å². The van der Waals surface area contributed by atoms with Gasteiger partial charge in [0.25, 0.3) is 0 Å². The Balaban J connectivity index is 1.34. The number of nitrogens with one attached hydrogen (secondary N) is 2. The van der Waals surface area contributed by atoms with E-state index in [1.807, 2.05) is 43.3 Å². The second-order valence-corrected chi connectivity index (χ2v) is 8.77. The van der Waals surface area contributed by atoms with E-state index in [2.05, 4.69) is 20.4 Å². The van der Waals surface area contributed by atoms with E-state index in [4.69, 9.17) is 10.7 Å². The highest BCUT2D eigenvalue weighted by Gasteiger charge is 2.32. The Morgan fingerprint density at radius 2 is 1.74 bits per heavy atom. The number of aromatic nitrogens is 2. The third-order valence-electron chi connectivity index (χ3n) is 5.97. The van der Waals surface area contributed by atoms with Crippen molar-refractivity contribution >= 4 is 28.4 Å². The highest BCUT2D eigenvalue weighted by Crippen LogP contribution is 2.30. The number of hydrogen-bond donors (Lipinski definition) is 3. The first-order valence-electron chi connectivity index (χ1n) is 11.3. The van der Waals surface area contributed by atoms with E-state index in [1.54, 1.807) is 12.1 Å². The van der Waals surface area contributed by atoms with Gasteiger partial charge in [0.05, 0.1) is 5.52 Å². The van der Waals surface area contributed by atoms with Gasteiger partial charge in [0.1, 0.15) is 11.6 Å². The topological polar surface area (TPSA) is 88.3 Å². The first kappa shape index (κ1) is 23.9. The van der Waals surface area contributed by atoms with Crippen molar-refractivity contribution in [1.82, 2.24) is 15.3 Å². The molecule has 34 heavy (non-hydrogen) atoms. The monoisotopic (exact) mass is 474 g/mol. The van der Waals surface area contributed by atoms with E-state index >= 15 is 0 Å². The summed E-state index contributed by atoms with van der Waals surface area (Å²) in [5, 5.41) is 7.83. The van der Waals surface area contributed by atoms with Crippen molar-refractivity contribution in [2.24, 2.45) is 0 Å². The molecule has 0 radical (unpaired) electrons. The lowest BCUT2D eigenvalue weighted by Gasteiger charge is -2.30. The highest BCUT2D eigenvalue weighted by molar-refractivity contribution is 5.90. The van der Waals surface area contributed by atoms with Crippen LogP contribution in [-0.4, -0.2) is 42.5 Å². The molecule has 1 heterocycles. The van der Waals surface area contributed by atoms with E-state index in [0.29, 0.717) is 11.5 Å². The van der Waals surface area contributed by atoms with E-state index < -0.39 is 6.36 Å². The minimum Gasteiger partial charge on any atom is -0.405 e. The molecule has 1 saturated carbocycles. The summed E-state index contributed by atoms with van der Waals surface area (Å²) in [6.45, 7) is 0.272. The summed E-state index contributed by atoms with van der Waals surface area (Å²) >= 11 is 0. The maximum atomic E-state index is 12.7. The average molecular weight is 475 g/mol. The van der Waals surface area contributed by atoms with Gasteiger partial charge < -0.3 is 26.0 Å². The smallest absolute Gasteiger partial charge is 0.405 e. The molecule has 2 aromatic carbocycles. The number of rotatable bonds is 7. The molecule has 1 aliphatic rings. The average Bonchev–Trinajstić information content (AvgIpc) is 2.78. The van der Waals surface area contributed by atoms with Gasteiger partial charge in [-0.15, -0.1) is 13.2 Å². The Labute approximate surface area is 196 Å². The molecule has 1 fully saturated rings. The first-order valence-corrected chi connectivity index (χ1v) is 11.3. The van der Waals surface area contributed by atoms with Gasteiger partial charge >= 0.3 is 6.36 Å². The van der Waals surface area contributed by atoms with Crippen LogP contribution in [0.15, 0.2) is 42.5 Å². The van der Waals surface area contributed by atoms with Crippen LogP contribution in [0.4, 0.5) is 30.6 Å². The van der Waals surface area contributed by atoms with Gasteiger partial charge in [-0.3, -0.25) is 0 Å². The Morgan fingerprint density at radius 1 is 1.03 bits per heavy atom. The van der Waals surface area contributed by atoms with Crippen LogP contribution in [0.1, 0.15) is 31.2 Å². The van der Waals surface area contributed by atoms with Gasteiger partial charge in [0.15, 0.2) is 0 Å². The highest BCUT2D eigenvalue weighted by atomic mass is 19.4. The third-order valence-corrected chi connectivity index (χ3v) is 5.97. The quantitative estimate of drug-likeness (QED) is 0.428. The summed E-state index contributed by atoms with van der Waals surface area (Å²) in [5.74, 6) is 1.21. The van der Waals surface area contributed by atoms with Crippen LogP contribution in [0, 0.1) is 0 Å². The molecule has 10 heteroatoms. The Morgan fingerprint density at radius 3 is 2.44 bits per heavy atom. The van der Waals surface area contributed by atoms with E-state index in [-0.39, 0.29) is 30.1 Å². The van der Waals surface area contributed by atoms with Crippen LogP contribution >= 0.6 is 0 Å². The number of nitrogens with zero attached hydrogens (tertiary/aromatic N) is 3. The largest absolute Gasteiger partial charge is 0.573 e. The van der Waals surface area contributed by atoms with Crippen molar-refractivity contribution in [3.05, 3.63) is 48.0 Å². The summed E-state index contributed by atoms with van der Waals surface area (Å²) in [5.41, 5.74) is 7.17. The van der Waals surface area contributed by atoms with E-state index in [1.165, 1.54) is 6.07 Å². The normalized spacial score (nSPS) is 18.6. The number of halogens is 3. The number of para-hydroxylation sites is 1. The SMILES string of the molecule is CN(C)c1nc(NC2CCC(NCc3ccc(N)cc3OC(F)(F)F)CC2)nc2ccccc12. The van der Waals surface area contributed by atoms with Gasteiger partial charge in [0.2, 0.25) is 5.95 Å². The number of benzene rings is 2. The van der Waals surface area contributed by atoms with Crippen molar-refractivity contribution in [1.29, 1.82) is 0 Å². The second-order valence-electron chi connectivity index (χ2n) is 8.77. The number of nitrogen functional groups attached to an aromatic ring is 1. The Hall–Kier alpha value is -3.27. The fraction of sp³-hybridized carbons (Fsp3) is 0.417. The zero-order chi connectivity index (χ0) is 24.3. The van der Waals surface area contributed by atoms with Gasteiger partial charge in [-0.1, -0.05) is 18.2 Å². The Kier molecular flexibility index (Phi) is 6.97. The minimum atomic E-state index is -4.76. The van der Waals surface area contributed by atoms with Gasteiger partial charge in [-0.2, -0.15) is 4.98 Å². The molecule has 3 aromatic rings. The molecule has 0 amide bonds. The minimum absolute atomic E-state index is 0.198. The molecule has 1 aliphatic carbocycles. The second kappa shape index (κ2) is 9.92. The van der Waals surface area contributed by atoms with Crippen molar-refractivity contribution in [3.8, 4) is 5.75 Å². The van der Waals surface area contributed by atoms with E-state index in [9.17, 15) is 13.2 Å². The molecule has 4 N–H and O–H groups in total. The molecule has 0 saturated heterocycles. The fourth-order valence-electron chi connectivity index (χ4n) is 4.28. The van der Waals surface area contributed by atoms with Crippen molar-refractivity contribution in [3.63, 3.8) is 0 Å². The van der Waals surface area contributed by atoms with E-state index in [0.717, 1.165) is 42.4 Å². The van der Waals surface area contributed by atoms with Crippen molar-refractivity contribution < 1.29 is 17.9 Å². The lowest BCUT2D eigenvalue weighted by molar-refractivity contribution is -0.274. The molecule has 0 bridgehead atoms. The molecule has 7 nitrogen and oxygen atoms in total. The maximum Gasteiger partial charge on any atom is 0.573 e. The van der Waals surface area contributed by atoms with Crippen LogP contribution in [0.5, 0.6) is 5.75 Å². The molecule has 0 spiro atoms. The zero-order valence-corrected chi connectivity index (χ0v) is 19.2. The fourth-order valence-corrected chi connectivity index (χ4v) is 4.28. The van der Waals surface area contributed by atoms with Crippen LogP contribution < -0.4 is 26.0 Å². The standard InChI is InChI=1S/C24H29F3N6O/c1-33(2)22-19-5-3-4-6-20(19)31-23(32-22)30-18-11-9-17(10-12-18)29-14-15-7-8-16(28)13-21(15)34-24(25,26)27/h3-8,13,17-18,29H,9-12,14,28H2,1-2H3,(H,30,31,32). The molecule has 0 aliphatic heterocycles. The number of nitrogens with two attached hydrogens (primary N) is 1. The maximum absolute atomic E-state index is 12.7. The summed E-state index contributed by atoms with van der Waals surface area (Å²) in [6.07, 6.45) is -1.19. The number of alkyl halides is 3. The van der Waals surface area contributed by atoms with Crippen molar-refractivity contribution in [2.75, 3.05) is 30.0 Å². The molecule has 0 unspecified atom stereocenters. The third kappa shape index (κ3) is 5.99. The molecule has 4 rings (SSSR count). The zero-order valence-electron chi connectivity index (χ0n) is 19.2. The number of anilines is 3. The number of hydrogen-bond acceptors (Lipinski definition) is 7. The summed E-state index contributed by atoms with van der Waals surface area (Å²) in [6, 6.07) is 12.7. The van der Waals surface area contributed by atoms with Crippen LogP contribution in [0.2, 0.25) is 0 Å². The van der Waals surface area contributed by atoms with Crippen molar-refractivity contribution in [2.45, 2.75) is 50.7 Å². The first-order chi connectivity index (χ1) is 16.2. The van der Waals surface area contributed by atoms with Gasteiger partial charge in [-0.25, -0.2) is 4.98 Å². The van der Waals surface area contributed by atoms with Crippen LogP contribution in [0.3, 0.4) is 0 Å². The lowest BCUT2D eigenvalue weighted by atomic mass is 9.91. The Bertz CT molecular complexity index is 1130. The molecular formula is C24H29F3N6O. The van der Waals surface area contributed by atoms with Crippen LogP contribution in [0.25, 0.3) is 10.9 Å². The number of fused-ring (bicyclic) bond motifs is 1. The van der Waals surface area contributed by atoms with Gasteiger partial charge in [-0.05, 0) is 43.9 Å². The summed E-state index contributed by atoms with van der Waals surface area (Å²) in [7, 11) is 3.92. The molecular weight excluding hydrogens is 445 g/mol. The molecule has 0 atom stereocenters. The summed E-state index contributed by atoms with van der Waals surface area (Å²) in [4.78, 5) is 11.4. The molecule has 182 valence electrons. The molecule has 1 aromatic heterocycles. The summed E-state index contributed by atoms with van der Waals surface area (Å²) < 4.78 is 42.3. The predicted molar refractivity (Wildman–Crippen MR) is 128 cm³/mol.